The molecular formula is C14H21N3O5S. The molecule has 0 saturated heterocycles. The Morgan fingerprint density at radius 3 is 2.35 bits per heavy atom. The van der Waals surface area contributed by atoms with Crippen molar-refractivity contribution in [1.29, 1.82) is 0 Å². The van der Waals surface area contributed by atoms with Crippen LogP contribution in [0.15, 0.2) is 29.2 Å². The number of nitrogens with one attached hydrogen (secondary N) is 3. The molecule has 0 atom stereocenters. The van der Waals surface area contributed by atoms with E-state index in [2.05, 4.69) is 15.4 Å². The summed E-state index contributed by atoms with van der Waals surface area (Å²) in [4.78, 5) is 22.0. The second-order valence-corrected chi connectivity index (χ2v) is 6.57. The monoisotopic (exact) mass is 343 g/mol. The first-order valence-electron chi connectivity index (χ1n) is 7.21. The summed E-state index contributed by atoms with van der Waals surface area (Å²) in [6.45, 7) is 2.47. The topological polar surface area (TPSA) is 125 Å². The lowest BCUT2D eigenvalue weighted by Crippen LogP contribution is -2.29. The van der Waals surface area contributed by atoms with Crippen LogP contribution >= 0.6 is 0 Å². The first kappa shape index (κ1) is 18.9. The summed E-state index contributed by atoms with van der Waals surface area (Å²) in [5.74, 6) is -0.916. The lowest BCUT2D eigenvalue weighted by atomic mass is 10.3. The van der Waals surface area contributed by atoms with Gasteiger partial charge < -0.3 is 15.7 Å². The standard InChI is InChI=1S/C14H21N3O5S/c1-2-9-16-23(21,22)12-7-5-11(6-8-12)17-14(20)15-10-3-4-13(18)19/h5-8,16H,2-4,9-10H2,1H3,(H,18,19)(H2,15,17,20). The van der Waals surface area contributed by atoms with E-state index in [1.807, 2.05) is 6.92 Å². The van der Waals surface area contributed by atoms with E-state index < -0.39 is 22.0 Å². The summed E-state index contributed by atoms with van der Waals surface area (Å²) >= 11 is 0. The predicted molar refractivity (Wildman–Crippen MR) is 85.8 cm³/mol. The summed E-state index contributed by atoms with van der Waals surface area (Å²) < 4.78 is 26.2. The first-order valence-corrected chi connectivity index (χ1v) is 8.70. The number of sulfonamides is 1. The number of carbonyl (C=O) groups is 2. The van der Waals surface area contributed by atoms with Crippen molar-refractivity contribution in [3.05, 3.63) is 24.3 Å². The van der Waals surface area contributed by atoms with Crippen LogP contribution in [-0.4, -0.2) is 38.6 Å². The Morgan fingerprint density at radius 1 is 1.13 bits per heavy atom. The Bertz CT molecular complexity index is 628. The molecule has 0 unspecified atom stereocenters. The fourth-order valence-electron chi connectivity index (χ4n) is 1.65. The molecule has 0 fully saturated rings. The van der Waals surface area contributed by atoms with Gasteiger partial charge in [0.1, 0.15) is 0 Å². The van der Waals surface area contributed by atoms with Crippen molar-refractivity contribution in [3.63, 3.8) is 0 Å². The van der Waals surface area contributed by atoms with Gasteiger partial charge in [-0.3, -0.25) is 4.79 Å². The number of benzene rings is 1. The zero-order valence-electron chi connectivity index (χ0n) is 12.8. The fraction of sp³-hybridized carbons (Fsp3) is 0.429. The SMILES string of the molecule is CCCNS(=O)(=O)c1ccc(NC(=O)NCCCC(=O)O)cc1. The van der Waals surface area contributed by atoms with Crippen LogP contribution in [0.25, 0.3) is 0 Å². The van der Waals surface area contributed by atoms with Crippen LogP contribution in [0.3, 0.4) is 0 Å². The van der Waals surface area contributed by atoms with Gasteiger partial charge in [-0.25, -0.2) is 17.9 Å². The maximum atomic E-state index is 11.9. The van der Waals surface area contributed by atoms with Crippen LogP contribution in [0.2, 0.25) is 0 Å². The minimum Gasteiger partial charge on any atom is -0.481 e. The maximum absolute atomic E-state index is 11.9. The van der Waals surface area contributed by atoms with Crippen LogP contribution in [0.4, 0.5) is 10.5 Å². The van der Waals surface area contributed by atoms with Crippen molar-refractivity contribution in [2.24, 2.45) is 0 Å². The summed E-state index contributed by atoms with van der Waals surface area (Å²) in [5.41, 5.74) is 0.440. The Labute approximate surface area is 135 Å². The number of amides is 2. The number of carboxylic acids is 1. The van der Waals surface area contributed by atoms with Gasteiger partial charge in [0.2, 0.25) is 10.0 Å². The minimum atomic E-state index is -3.53. The molecule has 0 aliphatic carbocycles. The van der Waals surface area contributed by atoms with E-state index in [-0.39, 0.29) is 17.9 Å². The van der Waals surface area contributed by atoms with Crippen LogP contribution < -0.4 is 15.4 Å². The molecule has 0 saturated carbocycles. The van der Waals surface area contributed by atoms with E-state index in [4.69, 9.17) is 5.11 Å². The van der Waals surface area contributed by atoms with Gasteiger partial charge in [0.05, 0.1) is 4.90 Å². The fourth-order valence-corrected chi connectivity index (χ4v) is 2.79. The number of carbonyl (C=O) groups excluding carboxylic acids is 1. The lowest BCUT2D eigenvalue weighted by molar-refractivity contribution is -0.137. The number of urea groups is 1. The van der Waals surface area contributed by atoms with Crippen LogP contribution in [-0.2, 0) is 14.8 Å². The number of rotatable bonds is 9. The number of carboxylic acid groups (broad SMARTS) is 1. The van der Waals surface area contributed by atoms with E-state index in [0.717, 1.165) is 0 Å². The zero-order chi connectivity index (χ0) is 17.3. The minimum absolute atomic E-state index is 0.0163. The van der Waals surface area contributed by atoms with Gasteiger partial charge >= 0.3 is 12.0 Å². The summed E-state index contributed by atoms with van der Waals surface area (Å²) in [6, 6.07) is 5.29. The van der Waals surface area contributed by atoms with Gasteiger partial charge in [0.25, 0.3) is 0 Å². The van der Waals surface area contributed by atoms with E-state index >= 15 is 0 Å². The van der Waals surface area contributed by atoms with Gasteiger partial charge in [-0.2, -0.15) is 0 Å². The van der Waals surface area contributed by atoms with Crippen molar-refractivity contribution in [1.82, 2.24) is 10.0 Å². The highest BCUT2D eigenvalue weighted by molar-refractivity contribution is 7.89. The zero-order valence-corrected chi connectivity index (χ0v) is 13.6. The van der Waals surface area contributed by atoms with E-state index in [1.54, 1.807) is 0 Å². The van der Waals surface area contributed by atoms with Gasteiger partial charge in [-0.05, 0) is 37.1 Å². The average molecular weight is 343 g/mol. The maximum Gasteiger partial charge on any atom is 0.319 e. The predicted octanol–water partition coefficient (Wildman–Crippen LogP) is 1.36. The van der Waals surface area contributed by atoms with Gasteiger partial charge in [-0.15, -0.1) is 0 Å². The average Bonchev–Trinajstić information content (AvgIpc) is 2.50. The normalized spacial score (nSPS) is 11.0. The largest absolute Gasteiger partial charge is 0.481 e. The molecule has 23 heavy (non-hydrogen) atoms. The third-order valence-electron chi connectivity index (χ3n) is 2.82. The summed E-state index contributed by atoms with van der Waals surface area (Å²) in [7, 11) is -3.53. The summed E-state index contributed by atoms with van der Waals surface area (Å²) in [5, 5.41) is 13.5. The number of hydrogen-bond acceptors (Lipinski definition) is 4. The second-order valence-electron chi connectivity index (χ2n) is 4.80. The highest BCUT2D eigenvalue weighted by atomic mass is 32.2. The quantitative estimate of drug-likeness (QED) is 0.504. The first-order chi connectivity index (χ1) is 10.8. The van der Waals surface area contributed by atoms with Crippen LogP contribution in [0.1, 0.15) is 26.2 Å². The molecule has 4 N–H and O–H groups in total. The Hall–Kier alpha value is -2.13. The molecule has 9 heteroatoms. The van der Waals surface area contributed by atoms with E-state index in [0.29, 0.717) is 25.1 Å². The molecule has 0 bridgehead atoms. The van der Waals surface area contributed by atoms with Gasteiger partial charge in [0, 0.05) is 25.2 Å². The molecule has 0 aliphatic rings. The van der Waals surface area contributed by atoms with Crippen molar-refractivity contribution in [2.45, 2.75) is 31.1 Å². The molecular weight excluding hydrogens is 322 g/mol. The molecule has 2 amide bonds. The molecule has 0 radical (unpaired) electrons. The van der Waals surface area contributed by atoms with Crippen molar-refractivity contribution in [3.8, 4) is 0 Å². The van der Waals surface area contributed by atoms with Gasteiger partial charge in [0.15, 0.2) is 0 Å². The van der Waals surface area contributed by atoms with Crippen LogP contribution in [0.5, 0.6) is 0 Å². The van der Waals surface area contributed by atoms with Crippen LogP contribution in [0, 0.1) is 0 Å². The van der Waals surface area contributed by atoms with E-state index in [9.17, 15) is 18.0 Å². The second kappa shape index (κ2) is 9.11. The Kier molecular flexibility index (Phi) is 7.49. The highest BCUT2D eigenvalue weighted by Gasteiger charge is 2.12. The Morgan fingerprint density at radius 2 is 1.78 bits per heavy atom. The molecule has 1 aromatic carbocycles. The highest BCUT2D eigenvalue weighted by Crippen LogP contribution is 2.13. The van der Waals surface area contributed by atoms with Gasteiger partial charge in [-0.1, -0.05) is 6.92 Å². The molecule has 128 valence electrons. The molecule has 1 rings (SSSR count). The molecule has 8 nitrogen and oxygen atoms in total. The van der Waals surface area contributed by atoms with Crippen molar-refractivity contribution < 1.29 is 23.1 Å². The molecule has 0 aromatic heterocycles. The van der Waals surface area contributed by atoms with E-state index in [1.165, 1.54) is 24.3 Å². The van der Waals surface area contributed by atoms with Crippen molar-refractivity contribution in [2.75, 3.05) is 18.4 Å². The smallest absolute Gasteiger partial charge is 0.319 e. The Balaban J connectivity index is 2.50. The molecule has 0 aliphatic heterocycles. The molecule has 0 heterocycles. The summed E-state index contributed by atoms with van der Waals surface area (Å²) in [6.07, 6.45) is 1.02. The number of anilines is 1. The molecule has 1 aromatic rings. The van der Waals surface area contributed by atoms with Crippen molar-refractivity contribution >= 4 is 27.7 Å². The molecule has 0 spiro atoms. The lowest BCUT2D eigenvalue weighted by Gasteiger charge is -2.09. The third kappa shape index (κ3) is 7.11. The number of aliphatic carboxylic acids is 1. The third-order valence-corrected chi connectivity index (χ3v) is 4.29. The number of hydrogen-bond donors (Lipinski definition) is 4.